The Morgan fingerprint density at radius 2 is 1.89 bits per heavy atom. The Bertz CT molecular complexity index is 1070. The number of carbonyl (C=O) groups is 3. The number of benzene rings is 2. The van der Waals surface area contributed by atoms with Crippen LogP contribution in [-0.4, -0.2) is 61.1 Å². The van der Waals surface area contributed by atoms with Crippen molar-refractivity contribution in [2.45, 2.75) is 63.7 Å². The van der Waals surface area contributed by atoms with Gasteiger partial charge in [0.05, 0.1) is 24.1 Å². The van der Waals surface area contributed by atoms with Crippen LogP contribution >= 0.6 is 0 Å². The zero-order valence-electron chi connectivity index (χ0n) is 21.0. The number of ether oxygens (including phenoxy) is 2. The zero-order chi connectivity index (χ0) is 25.5. The van der Waals surface area contributed by atoms with Crippen LogP contribution in [0.4, 0.5) is 5.69 Å². The maximum absolute atomic E-state index is 13.3. The van der Waals surface area contributed by atoms with E-state index in [2.05, 4.69) is 10.6 Å². The average Bonchev–Trinajstić information content (AvgIpc) is 2.87. The summed E-state index contributed by atoms with van der Waals surface area (Å²) in [5, 5.41) is 5.82. The van der Waals surface area contributed by atoms with Gasteiger partial charge in [-0.25, -0.2) is 0 Å². The maximum Gasteiger partial charge on any atom is 0.257 e. The van der Waals surface area contributed by atoms with Crippen LogP contribution in [0.5, 0.6) is 5.75 Å². The van der Waals surface area contributed by atoms with E-state index in [4.69, 9.17) is 9.47 Å². The Balaban J connectivity index is 1.34. The van der Waals surface area contributed by atoms with E-state index in [1.165, 1.54) is 5.56 Å². The van der Waals surface area contributed by atoms with Gasteiger partial charge >= 0.3 is 0 Å². The second-order valence-electron chi connectivity index (χ2n) is 9.47. The molecule has 0 bridgehead atoms. The molecule has 192 valence electrons. The van der Waals surface area contributed by atoms with E-state index in [9.17, 15) is 14.4 Å². The van der Waals surface area contributed by atoms with Crippen molar-refractivity contribution in [2.75, 3.05) is 25.5 Å². The molecule has 2 heterocycles. The molecule has 2 aromatic carbocycles. The fraction of sp³-hybridized carbons (Fsp3) is 0.464. The molecule has 3 amide bonds. The summed E-state index contributed by atoms with van der Waals surface area (Å²) in [5.74, 6) is 0.171. The summed E-state index contributed by atoms with van der Waals surface area (Å²) in [6.45, 7) is 2.81. The van der Waals surface area contributed by atoms with Crippen LogP contribution < -0.4 is 15.4 Å². The summed E-state index contributed by atoms with van der Waals surface area (Å²) in [5.41, 5.74) is 2.18. The number of nitrogens with one attached hydrogen (secondary N) is 2. The van der Waals surface area contributed by atoms with Gasteiger partial charge in [0.15, 0.2) is 0 Å². The molecule has 36 heavy (non-hydrogen) atoms. The SMILES string of the molecule is CCCC(=O)Nc1ccc2c(c1)C(=O)N(C)[C@H]1CC[C@@H](CC(=O)NCCc3ccccc3)O[C@@H]1CO2. The largest absolute Gasteiger partial charge is 0.490 e. The van der Waals surface area contributed by atoms with Crippen molar-refractivity contribution in [2.24, 2.45) is 0 Å². The molecule has 3 atom stereocenters. The number of fused-ring (bicyclic) bond motifs is 2. The molecule has 2 aliphatic rings. The lowest BCUT2D eigenvalue weighted by atomic mass is 9.94. The monoisotopic (exact) mass is 493 g/mol. The number of hydrogen-bond donors (Lipinski definition) is 2. The molecule has 0 spiro atoms. The minimum Gasteiger partial charge on any atom is -0.490 e. The van der Waals surface area contributed by atoms with Gasteiger partial charge in [0, 0.05) is 25.7 Å². The molecule has 0 radical (unpaired) electrons. The second kappa shape index (κ2) is 12.0. The first-order valence-corrected chi connectivity index (χ1v) is 12.7. The van der Waals surface area contributed by atoms with Crippen LogP contribution in [0.2, 0.25) is 0 Å². The van der Waals surface area contributed by atoms with E-state index in [0.717, 1.165) is 19.3 Å². The van der Waals surface area contributed by atoms with E-state index in [1.54, 1.807) is 30.1 Å². The molecule has 4 rings (SSSR count). The van der Waals surface area contributed by atoms with E-state index >= 15 is 0 Å². The van der Waals surface area contributed by atoms with Crippen molar-refractivity contribution in [1.82, 2.24) is 10.2 Å². The fourth-order valence-corrected chi connectivity index (χ4v) is 4.83. The Kier molecular flexibility index (Phi) is 8.59. The van der Waals surface area contributed by atoms with Crippen LogP contribution in [-0.2, 0) is 20.7 Å². The Hall–Kier alpha value is -3.39. The standard InChI is InChI=1S/C28H35N3O5/c1-3-7-26(32)30-20-10-13-24-22(16-20)28(34)31(2)23-12-11-21(36-25(23)18-35-24)17-27(33)29-15-14-19-8-5-4-6-9-19/h4-6,8-10,13,16,21,23,25H,3,7,11-12,14-15,17-18H2,1-2H3,(H,29,33)(H,30,32)/t21-,23-,25+/m0/s1. The van der Waals surface area contributed by atoms with Crippen LogP contribution in [0, 0.1) is 0 Å². The molecule has 0 saturated carbocycles. The molecule has 1 saturated heterocycles. The summed E-state index contributed by atoms with van der Waals surface area (Å²) < 4.78 is 12.3. The average molecular weight is 494 g/mol. The van der Waals surface area contributed by atoms with Gasteiger partial charge < -0.3 is 25.0 Å². The summed E-state index contributed by atoms with van der Waals surface area (Å²) in [7, 11) is 1.78. The van der Waals surface area contributed by atoms with E-state index in [1.807, 2.05) is 37.3 Å². The molecule has 8 nitrogen and oxygen atoms in total. The number of amides is 3. The number of rotatable bonds is 8. The summed E-state index contributed by atoms with van der Waals surface area (Å²) >= 11 is 0. The van der Waals surface area contributed by atoms with Gasteiger partial charge in [-0.05, 0) is 49.4 Å². The predicted molar refractivity (Wildman–Crippen MR) is 137 cm³/mol. The van der Waals surface area contributed by atoms with Gasteiger partial charge in [-0.3, -0.25) is 14.4 Å². The fourth-order valence-electron chi connectivity index (χ4n) is 4.83. The normalized spacial score (nSPS) is 21.3. The molecule has 2 N–H and O–H groups in total. The lowest BCUT2D eigenvalue weighted by Gasteiger charge is -2.42. The second-order valence-corrected chi connectivity index (χ2v) is 9.47. The van der Waals surface area contributed by atoms with Crippen LogP contribution in [0.1, 0.15) is 54.9 Å². The molecule has 0 unspecified atom stereocenters. The third-order valence-electron chi connectivity index (χ3n) is 6.76. The van der Waals surface area contributed by atoms with E-state index in [-0.39, 0.29) is 49.0 Å². The number of nitrogens with zero attached hydrogens (tertiary/aromatic N) is 1. The van der Waals surface area contributed by atoms with Gasteiger partial charge in [-0.1, -0.05) is 37.3 Å². The van der Waals surface area contributed by atoms with Gasteiger partial charge in [-0.15, -0.1) is 0 Å². The van der Waals surface area contributed by atoms with Crippen LogP contribution in [0.25, 0.3) is 0 Å². The smallest absolute Gasteiger partial charge is 0.257 e. The quantitative estimate of drug-likeness (QED) is 0.586. The number of anilines is 1. The van der Waals surface area contributed by atoms with Gasteiger partial charge in [0.1, 0.15) is 18.5 Å². The molecule has 2 aromatic rings. The number of likely N-dealkylation sites (N-methyl/N-ethyl adjacent to an activating group) is 1. The molecular formula is C28H35N3O5. The van der Waals surface area contributed by atoms with Crippen molar-refractivity contribution >= 4 is 23.4 Å². The van der Waals surface area contributed by atoms with Crippen molar-refractivity contribution in [3.8, 4) is 5.75 Å². The molecule has 8 heteroatoms. The Morgan fingerprint density at radius 3 is 2.67 bits per heavy atom. The predicted octanol–water partition coefficient (Wildman–Crippen LogP) is 3.55. The van der Waals surface area contributed by atoms with Crippen LogP contribution in [0.15, 0.2) is 48.5 Å². The first-order chi connectivity index (χ1) is 17.4. The topological polar surface area (TPSA) is 97.0 Å². The third kappa shape index (κ3) is 6.43. The highest BCUT2D eigenvalue weighted by Gasteiger charge is 2.39. The molecule has 1 fully saturated rings. The Labute approximate surface area is 212 Å². The van der Waals surface area contributed by atoms with Crippen molar-refractivity contribution in [3.05, 3.63) is 59.7 Å². The minimum atomic E-state index is -0.327. The van der Waals surface area contributed by atoms with Gasteiger partial charge in [0.25, 0.3) is 5.91 Å². The highest BCUT2D eigenvalue weighted by Crippen LogP contribution is 2.32. The molecule has 0 aliphatic carbocycles. The van der Waals surface area contributed by atoms with Crippen molar-refractivity contribution < 1.29 is 23.9 Å². The highest BCUT2D eigenvalue weighted by molar-refractivity contribution is 5.99. The van der Waals surface area contributed by atoms with Gasteiger partial charge in [-0.2, -0.15) is 0 Å². The maximum atomic E-state index is 13.3. The first-order valence-electron chi connectivity index (χ1n) is 12.7. The number of hydrogen-bond acceptors (Lipinski definition) is 5. The minimum absolute atomic E-state index is 0.0337. The third-order valence-corrected chi connectivity index (χ3v) is 6.76. The van der Waals surface area contributed by atoms with Crippen molar-refractivity contribution in [1.29, 1.82) is 0 Å². The van der Waals surface area contributed by atoms with Gasteiger partial charge in [0.2, 0.25) is 11.8 Å². The lowest BCUT2D eigenvalue weighted by molar-refractivity contribution is -0.134. The summed E-state index contributed by atoms with van der Waals surface area (Å²) in [6.07, 6.45) is 3.11. The molecular weight excluding hydrogens is 458 g/mol. The van der Waals surface area contributed by atoms with Crippen molar-refractivity contribution in [3.63, 3.8) is 0 Å². The molecule has 0 aromatic heterocycles. The highest BCUT2D eigenvalue weighted by atomic mass is 16.5. The van der Waals surface area contributed by atoms with E-state index in [0.29, 0.717) is 36.4 Å². The first kappa shape index (κ1) is 25.7. The lowest BCUT2D eigenvalue weighted by Crippen LogP contribution is -2.54. The summed E-state index contributed by atoms with van der Waals surface area (Å²) in [6, 6.07) is 15.0. The Morgan fingerprint density at radius 1 is 1.08 bits per heavy atom. The number of carbonyl (C=O) groups excluding carboxylic acids is 3. The van der Waals surface area contributed by atoms with Crippen LogP contribution in [0.3, 0.4) is 0 Å². The zero-order valence-corrected chi connectivity index (χ0v) is 21.0. The molecule has 2 aliphatic heterocycles. The summed E-state index contributed by atoms with van der Waals surface area (Å²) in [4.78, 5) is 39.5. The van der Waals surface area contributed by atoms with E-state index < -0.39 is 0 Å².